The van der Waals surface area contributed by atoms with Crippen LogP contribution in [0, 0.1) is 5.82 Å². The maximum Gasteiger partial charge on any atom is 0.328 e. The number of rotatable bonds is 7. The van der Waals surface area contributed by atoms with Crippen molar-refractivity contribution in [1.82, 2.24) is 20.1 Å². The fourth-order valence-electron chi connectivity index (χ4n) is 5.31. The third-order valence-corrected chi connectivity index (χ3v) is 6.93. The molecule has 2 atom stereocenters. The van der Waals surface area contributed by atoms with Gasteiger partial charge in [-0.05, 0) is 36.2 Å². The first-order valence-corrected chi connectivity index (χ1v) is 11.4. The molecule has 2 aliphatic heterocycles. The van der Waals surface area contributed by atoms with Crippen molar-refractivity contribution >= 4 is 22.8 Å². The van der Waals surface area contributed by atoms with Crippen LogP contribution in [0.5, 0.6) is 11.5 Å². The number of ether oxygens (including phenoxy) is 1. The number of aromatic hydroxyl groups is 1. The van der Waals surface area contributed by atoms with E-state index in [1.54, 1.807) is 48.2 Å². The highest BCUT2D eigenvalue weighted by atomic mass is 19.1. The maximum atomic E-state index is 14.5. The van der Waals surface area contributed by atoms with Crippen LogP contribution in [0.3, 0.4) is 0 Å². The Labute approximate surface area is 202 Å². The highest BCUT2D eigenvalue weighted by molar-refractivity contribution is 6.08. The highest BCUT2D eigenvalue weighted by Crippen LogP contribution is 2.49. The van der Waals surface area contributed by atoms with Gasteiger partial charge < -0.3 is 20.1 Å². The molecule has 3 aromatic rings. The van der Waals surface area contributed by atoms with Gasteiger partial charge in [0.15, 0.2) is 11.6 Å². The summed E-state index contributed by atoms with van der Waals surface area (Å²) in [5, 5.41) is 14.1. The van der Waals surface area contributed by atoms with Crippen molar-refractivity contribution in [2.24, 2.45) is 0 Å². The zero-order chi connectivity index (χ0) is 24.9. The summed E-state index contributed by atoms with van der Waals surface area (Å²) in [6.45, 7) is 6.66. The van der Waals surface area contributed by atoms with Gasteiger partial charge in [-0.3, -0.25) is 14.6 Å². The van der Waals surface area contributed by atoms with Crippen LogP contribution >= 0.6 is 0 Å². The second-order valence-electron chi connectivity index (χ2n) is 9.10. The third kappa shape index (κ3) is 3.46. The molecular formula is C26H27FN4O4. The third-order valence-electron chi connectivity index (χ3n) is 6.93. The van der Waals surface area contributed by atoms with Crippen LogP contribution in [0.4, 0.5) is 9.18 Å². The number of halogens is 1. The fourth-order valence-corrected chi connectivity index (χ4v) is 5.31. The fraction of sp³-hybridized carbons (Fsp3) is 0.308. The monoisotopic (exact) mass is 478 g/mol. The number of hydrogen-bond acceptors (Lipinski definition) is 5. The number of aromatic nitrogens is 1. The predicted octanol–water partition coefficient (Wildman–Crippen LogP) is 3.47. The van der Waals surface area contributed by atoms with Crippen molar-refractivity contribution in [2.75, 3.05) is 26.7 Å². The van der Waals surface area contributed by atoms with Gasteiger partial charge in [0.2, 0.25) is 0 Å². The lowest BCUT2D eigenvalue weighted by atomic mass is 9.81. The molecule has 3 N–H and O–H groups in total. The summed E-state index contributed by atoms with van der Waals surface area (Å²) < 4.78 is 19.7. The van der Waals surface area contributed by atoms with E-state index in [1.807, 2.05) is 0 Å². The first kappa shape index (κ1) is 22.9. The Morgan fingerprint density at radius 2 is 2.14 bits per heavy atom. The number of nitrogens with zero attached hydrogens (tertiary/aromatic N) is 2. The van der Waals surface area contributed by atoms with E-state index in [0.717, 1.165) is 10.9 Å². The maximum absolute atomic E-state index is 14.5. The molecule has 0 spiro atoms. The van der Waals surface area contributed by atoms with Gasteiger partial charge in [-0.25, -0.2) is 9.18 Å². The number of fused-ring (bicyclic) bond motifs is 4. The standard InChI is InChI=1S/C26H27FN4O4/c1-4-8-28-9-10-30-24(33)26(2)14-18-17-12-21(35-3)19(27)13-20(17)29-22(18)23(31(26)25(30)34)15-6-5-7-16(32)11-15/h4-7,11-13,23,28-29,32H,1,8-10,14H2,2-3H3/t23-,26+/m1/s1. The lowest BCUT2D eigenvalue weighted by molar-refractivity contribution is -0.133. The summed E-state index contributed by atoms with van der Waals surface area (Å²) in [5.41, 5.74) is 1.54. The van der Waals surface area contributed by atoms with E-state index < -0.39 is 23.4 Å². The molecule has 0 radical (unpaired) electrons. The number of benzene rings is 2. The number of carbonyl (C=O) groups is 2. The topological polar surface area (TPSA) is 97.9 Å². The number of methoxy groups -OCH3 is 1. The second-order valence-corrected chi connectivity index (χ2v) is 9.10. The van der Waals surface area contributed by atoms with Crippen LogP contribution in [0.25, 0.3) is 10.9 Å². The summed E-state index contributed by atoms with van der Waals surface area (Å²) in [7, 11) is 1.40. The molecule has 182 valence electrons. The minimum atomic E-state index is -1.16. The minimum Gasteiger partial charge on any atom is -0.508 e. The number of hydrogen-bond donors (Lipinski definition) is 3. The molecule has 0 bridgehead atoms. The molecule has 3 amide bonds. The van der Waals surface area contributed by atoms with E-state index >= 15 is 0 Å². The van der Waals surface area contributed by atoms with Crippen LogP contribution in [-0.2, 0) is 11.2 Å². The zero-order valence-corrected chi connectivity index (χ0v) is 19.6. The SMILES string of the molecule is C=CCNCCN1C(=O)N2[C@H](c3cccc(O)c3)c3[nH]c4cc(F)c(OC)cc4c3C[C@@]2(C)C1=O. The molecule has 35 heavy (non-hydrogen) atoms. The average molecular weight is 479 g/mol. The molecular weight excluding hydrogens is 451 g/mol. The lowest BCUT2D eigenvalue weighted by Crippen LogP contribution is -2.53. The lowest BCUT2D eigenvalue weighted by Gasteiger charge is -2.42. The molecule has 8 nitrogen and oxygen atoms in total. The van der Waals surface area contributed by atoms with Gasteiger partial charge in [0.1, 0.15) is 17.3 Å². The Balaban J connectivity index is 1.67. The molecule has 1 saturated heterocycles. The summed E-state index contributed by atoms with van der Waals surface area (Å²) in [4.78, 5) is 33.5. The number of amides is 3. The van der Waals surface area contributed by atoms with Gasteiger partial charge in [-0.15, -0.1) is 6.58 Å². The normalized spacial score (nSPS) is 21.4. The Morgan fingerprint density at radius 1 is 1.34 bits per heavy atom. The summed E-state index contributed by atoms with van der Waals surface area (Å²) >= 11 is 0. The predicted molar refractivity (Wildman–Crippen MR) is 129 cm³/mol. The van der Waals surface area contributed by atoms with Crippen molar-refractivity contribution in [2.45, 2.75) is 24.9 Å². The number of carbonyl (C=O) groups excluding carboxylic acids is 2. The van der Waals surface area contributed by atoms with Gasteiger partial charge in [-0.2, -0.15) is 0 Å². The van der Waals surface area contributed by atoms with Crippen molar-refractivity contribution in [3.05, 3.63) is 71.7 Å². The second kappa shape index (κ2) is 8.42. The highest BCUT2D eigenvalue weighted by Gasteiger charge is 2.60. The number of urea groups is 1. The molecule has 3 heterocycles. The van der Waals surface area contributed by atoms with Crippen molar-refractivity contribution < 1.29 is 23.8 Å². The Kier molecular flexibility index (Phi) is 5.52. The Bertz CT molecular complexity index is 1350. The van der Waals surface area contributed by atoms with E-state index in [2.05, 4.69) is 16.9 Å². The largest absolute Gasteiger partial charge is 0.508 e. The average Bonchev–Trinajstić information content (AvgIpc) is 3.26. The van der Waals surface area contributed by atoms with Crippen LogP contribution in [0.15, 0.2) is 49.1 Å². The Hall–Kier alpha value is -3.85. The number of imide groups is 1. The summed E-state index contributed by atoms with van der Waals surface area (Å²) in [5.74, 6) is -0.653. The van der Waals surface area contributed by atoms with E-state index in [9.17, 15) is 19.1 Å². The number of phenolic OH excluding ortho intramolecular Hbond substituents is 1. The smallest absolute Gasteiger partial charge is 0.328 e. The molecule has 1 aromatic heterocycles. The zero-order valence-electron chi connectivity index (χ0n) is 19.6. The molecule has 0 unspecified atom stereocenters. The number of nitrogens with one attached hydrogen (secondary N) is 2. The Morgan fingerprint density at radius 3 is 2.86 bits per heavy atom. The first-order valence-electron chi connectivity index (χ1n) is 11.4. The molecule has 0 aliphatic carbocycles. The number of H-pyrrole nitrogens is 1. The van der Waals surface area contributed by atoms with E-state index in [4.69, 9.17) is 4.74 Å². The molecule has 9 heteroatoms. The van der Waals surface area contributed by atoms with Crippen LogP contribution < -0.4 is 10.1 Å². The van der Waals surface area contributed by atoms with Gasteiger partial charge in [-0.1, -0.05) is 18.2 Å². The van der Waals surface area contributed by atoms with Gasteiger partial charge in [0.05, 0.1) is 7.11 Å². The molecule has 2 aromatic carbocycles. The van der Waals surface area contributed by atoms with Crippen LogP contribution in [0.2, 0.25) is 0 Å². The van der Waals surface area contributed by atoms with Crippen LogP contribution in [-0.4, -0.2) is 64.1 Å². The van der Waals surface area contributed by atoms with Crippen molar-refractivity contribution in [3.8, 4) is 11.5 Å². The van der Waals surface area contributed by atoms with E-state index in [-0.39, 0.29) is 30.4 Å². The summed E-state index contributed by atoms with van der Waals surface area (Å²) in [6.07, 6.45) is 1.97. The van der Waals surface area contributed by atoms with Crippen molar-refractivity contribution in [1.29, 1.82) is 0 Å². The molecule has 5 rings (SSSR count). The van der Waals surface area contributed by atoms with E-state index in [0.29, 0.717) is 29.9 Å². The minimum absolute atomic E-state index is 0.0450. The number of aromatic amines is 1. The molecule has 0 saturated carbocycles. The summed E-state index contributed by atoms with van der Waals surface area (Å²) in [6, 6.07) is 8.53. The first-order chi connectivity index (χ1) is 16.8. The van der Waals surface area contributed by atoms with Crippen LogP contribution in [0.1, 0.15) is 29.8 Å². The van der Waals surface area contributed by atoms with Crippen molar-refractivity contribution in [3.63, 3.8) is 0 Å². The molecule has 1 fully saturated rings. The number of phenols is 1. The van der Waals surface area contributed by atoms with Gasteiger partial charge >= 0.3 is 6.03 Å². The van der Waals surface area contributed by atoms with Gasteiger partial charge in [0, 0.05) is 48.7 Å². The van der Waals surface area contributed by atoms with Gasteiger partial charge in [0.25, 0.3) is 5.91 Å². The van der Waals surface area contributed by atoms with E-state index in [1.165, 1.54) is 18.1 Å². The molecule has 2 aliphatic rings. The quantitative estimate of drug-likeness (QED) is 0.275.